The van der Waals surface area contributed by atoms with Crippen molar-refractivity contribution in [1.29, 1.82) is 0 Å². The van der Waals surface area contributed by atoms with Crippen LogP contribution in [0.4, 0.5) is 0 Å². The van der Waals surface area contributed by atoms with Crippen molar-refractivity contribution in [3.63, 3.8) is 0 Å². The molecule has 0 bridgehead atoms. The van der Waals surface area contributed by atoms with Gasteiger partial charge in [0.1, 0.15) is 6.61 Å². The number of rotatable bonds is 25. The molecule has 1 rings (SSSR count). The van der Waals surface area contributed by atoms with E-state index < -0.39 is 37.1 Å². The summed E-state index contributed by atoms with van der Waals surface area (Å²) in [4.78, 5) is 23.2. The highest BCUT2D eigenvalue weighted by atomic mass is 28.5. The van der Waals surface area contributed by atoms with E-state index in [0.29, 0.717) is 59.5 Å². The highest BCUT2D eigenvalue weighted by Crippen LogP contribution is 2.25. The van der Waals surface area contributed by atoms with E-state index in [9.17, 15) is 9.59 Å². The van der Waals surface area contributed by atoms with E-state index >= 15 is 0 Å². The molecule has 0 aliphatic carbocycles. The van der Waals surface area contributed by atoms with Crippen molar-refractivity contribution >= 4 is 37.1 Å². The number of carboxylic acid groups (broad SMARTS) is 1. The molecule has 1 aromatic carbocycles. The zero-order valence-electron chi connectivity index (χ0n) is 26.5. The summed E-state index contributed by atoms with van der Waals surface area (Å²) in [5.41, 5.74) is -0.0821. The minimum absolute atomic E-state index is 0.0129. The summed E-state index contributed by atoms with van der Waals surface area (Å²) in [7, 11) is -5.55. The number of carboxylic acids is 1. The van der Waals surface area contributed by atoms with Gasteiger partial charge in [-0.05, 0) is 70.4 Å². The summed E-state index contributed by atoms with van der Waals surface area (Å²) < 4.78 is 45.7. The Bertz CT molecular complexity index is 888. The average molecular weight is 649 g/mol. The maximum absolute atomic E-state index is 12.0. The normalized spacial score (nSPS) is 12.5. The minimum Gasteiger partial charge on any atom is -0.478 e. The molecule has 1 aromatic rings. The van der Waals surface area contributed by atoms with Crippen molar-refractivity contribution in [2.75, 3.05) is 72.7 Å². The molecule has 0 fully saturated rings. The fourth-order valence-electron chi connectivity index (χ4n) is 4.01. The fraction of sp³-hybridized carbons (Fsp3) is 0.714. The van der Waals surface area contributed by atoms with Crippen LogP contribution in [0, 0.1) is 0 Å². The van der Waals surface area contributed by atoms with Gasteiger partial charge in [-0.2, -0.15) is 0 Å². The molecule has 0 saturated carbocycles. The average Bonchev–Trinajstić information content (AvgIpc) is 2.87. The van der Waals surface area contributed by atoms with Crippen molar-refractivity contribution < 1.29 is 51.3 Å². The van der Waals surface area contributed by atoms with Crippen molar-refractivity contribution in [2.24, 2.45) is 0 Å². The Morgan fingerprint density at radius 2 is 0.976 bits per heavy atom. The molecule has 0 radical (unpaired) electrons. The SMILES string of the molecule is C[Si](C)(C)O[Si](C)(CCCOCCOCCOCCOCCOCCOC(=O)c1ccccc1C(=O)O)O[Si](C)(C)C. The van der Waals surface area contributed by atoms with Gasteiger partial charge in [-0.25, -0.2) is 9.59 Å². The third-order valence-corrected chi connectivity index (χ3v) is 14.9. The Morgan fingerprint density at radius 1 is 0.595 bits per heavy atom. The Labute approximate surface area is 254 Å². The lowest BCUT2D eigenvalue weighted by Gasteiger charge is -2.38. The smallest absolute Gasteiger partial charge is 0.339 e. The van der Waals surface area contributed by atoms with Crippen LogP contribution in [-0.2, 0) is 36.7 Å². The van der Waals surface area contributed by atoms with E-state index in [1.165, 1.54) is 12.1 Å². The van der Waals surface area contributed by atoms with Crippen LogP contribution >= 0.6 is 0 Å². The van der Waals surface area contributed by atoms with Gasteiger partial charge in [0.2, 0.25) is 0 Å². The van der Waals surface area contributed by atoms with Crippen LogP contribution in [0.25, 0.3) is 0 Å². The quantitative estimate of drug-likeness (QED) is 0.0893. The Hall–Kier alpha value is -1.47. The zero-order chi connectivity index (χ0) is 31.5. The predicted molar refractivity (Wildman–Crippen MR) is 168 cm³/mol. The lowest BCUT2D eigenvalue weighted by Crippen LogP contribution is -2.52. The van der Waals surface area contributed by atoms with Gasteiger partial charge in [0.05, 0.1) is 70.6 Å². The van der Waals surface area contributed by atoms with Crippen molar-refractivity contribution in [1.82, 2.24) is 0 Å². The van der Waals surface area contributed by atoms with Gasteiger partial charge < -0.3 is 41.8 Å². The molecule has 0 heterocycles. The number of aromatic carboxylic acids is 1. The van der Waals surface area contributed by atoms with Gasteiger partial charge in [0, 0.05) is 6.61 Å². The molecule has 0 aromatic heterocycles. The van der Waals surface area contributed by atoms with Crippen molar-refractivity contribution in [3.05, 3.63) is 35.4 Å². The number of benzene rings is 1. The molecule has 1 N–H and O–H groups in total. The molecule has 14 heteroatoms. The molecule has 0 spiro atoms. The van der Waals surface area contributed by atoms with Crippen LogP contribution in [0.5, 0.6) is 0 Å². The van der Waals surface area contributed by atoms with Crippen LogP contribution in [0.2, 0.25) is 51.9 Å². The summed E-state index contributed by atoms with van der Waals surface area (Å²) in [5, 5.41) is 9.14. The molecule has 0 aliphatic rings. The number of ether oxygens (including phenoxy) is 6. The number of carbonyl (C=O) groups excluding carboxylic acids is 1. The van der Waals surface area contributed by atoms with Gasteiger partial charge >= 0.3 is 20.5 Å². The van der Waals surface area contributed by atoms with Crippen molar-refractivity contribution in [3.8, 4) is 0 Å². The van der Waals surface area contributed by atoms with E-state index in [2.05, 4.69) is 45.8 Å². The first-order valence-electron chi connectivity index (χ1n) is 14.5. The van der Waals surface area contributed by atoms with Crippen LogP contribution in [-0.4, -0.2) is 115 Å². The molecule has 0 unspecified atom stereocenters. The van der Waals surface area contributed by atoms with Gasteiger partial charge in [-0.15, -0.1) is 0 Å². The van der Waals surface area contributed by atoms with Gasteiger partial charge in [0.15, 0.2) is 16.6 Å². The molecule has 0 atom stereocenters. The third-order valence-electron chi connectivity index (χ3n) is 5.29. The van der Waals surface area contributed by atoms with Gasteiger partial charge in [-0.3, -0.25) is 0 Å². The second-order valence-corrected chi connectivity index (χ2v) is 24.6. The number of hydrogen-bond acceptors (Lipinski definition) is 10. The largest absolute Gasteiger partial charge is 0.478 e. The molecule has 0 aliphatic heterocycles. The Balaban J connectivity index is 1.94. The summed E-state index contributed by atoms with van der Waals surface area (Å²) in [5.74, 6) is -1.88. The number of esters is 1. The topological polar surface area (TPSA) is 128 Å². The van der Waals surface area contributed by atoms with Crippen LogP contribution in [0.1, 0.15) is 27.1 Å². The first-order valence-corrected chi connectivity index (χ1v) is 23.8. The zero-order valence-corrected chi connectivity index (χ0v) is 29.5. The fourth-order valence-corrected chi connectivity index (χ4v) is 16.5. The van der Waals surface area contributed by atoms with Gasteiger partial charge in [0.25, 0.3) is 0 Å². The molecule has 0 saturated heterocycles. The first kappa shape index (κ1) is 38.6. The van der Waals surface area contributed by atoms with Crippen LogP contribution < -0.4 is 0 Å². The molecule has 0 amide bonds. The van der Waals surface area contributed by atoms with E-state index in [4.69, 9.17) is 41.8 Å². The highest BCUT2D eigenvalue weighted by Gasteiger charge is 2.39. The third kappa shape index (κ3) is 19.7. The summed E-state index contributed by atoms with van der Waals surface area (Å²) >= 11 is 0. The van der Waals surface area contributed by atoms with E-state index in [-0.39, 0.29) is 24.3 Å². The standard InChI is InChI=1S/C28H52O11Si3/c1-40(2,3)38-42(7,39-41(4,5)6)24-10-13-32-14-15-33-16-17-34-18-19-35-20-21-36-22-23-37-28(31)26-12-9-8-11-25(26)27(29)30/h8-9,11-12H,10,13-24H2,1-7H3,(H,29,30). The maximum Gasteiger partial charge on any atom is 0.339 e. The second kappa shape index (κ2) is 20.5. The molecule has 242 valence electrons. The molecular formula is C28H52O11Si3. The van der Waals surface area contributed by atoms with Crippen molar-refractivity contribution in [2.45, 2.75) is 58.3 Å². The maximum atomic E-state index is 12.0. The first-order chi connectivity index (χ1) is 19.7. The monoisotopic (exact) mass is 648 g/mol. The Morgan fingerprint density at radius 3 is 1.38 bits per heavy atom. The van der Waals surface area contributed by atoms with E-state index in [0.717, 1.165) is 12.5 Å². The second-order valence-electron chi connectivity index (χ2n) is 11.7. The molecule has 11 nitrogen and oxygen atoms in total. The Kier molecular flexibility index (Phi) is 18.8. The lowest BCUT2D eigenvalue weighted by atomic mass is 10.1. The van der Waals surface area contributed by atoms with Crippen LogP contribution in [0.3, 0.4) is 0 Å². The number of carbonyl (C=O) groups is 2. The summed E-state index contributed by atoms with van der Waals surface area (Å²) in [6, 6.07) is 6.84. The van der Waals surface area contributed by atoms with Crippen LogP contribution in [0.15, 0.2) is 24.3 Å². The van der Waals surface area contributed by atoms with E-state index in [1.54, 1.807) is 12.1 Å². The number of hydrogen-bond donors (Lipinski definition) is 1. The summed E-state index contributed by atoms with van der Waals surface area (Å²) in [6.07, 6.45) is 0.920. The molecule has 42 heavy (non-hydrogen) atoms. The minimum atomic E-state index is -2.20. The summed E-state index contributed by atoms with van der Waals surface area (Å²) in [6.45, 7) is 20.0. The highest BCUT2D eigenvalue weighted by molar-refractivity contribution is 6.87. The molecular weight excluding hydrogens is 597 g/mol. The predicted octanol–water partition coefficient (Wildman–Crippen LogP) is 4.79. The van der Waals surface area contributed by atoms with Gasteiger partial charge in [-0.1, -0.05) is 12.1 Å². The van der Waals surface area contributed by atoms with E-state index in [1.807, 2.05) is 0 Å². The lowest BCUT2D eigenvalue weighted by molar-refractivity contribution is -0.0152.